The number of hydrogen-bond acceptors (Lipinski definition) is 5. The zero-order chi connectivity index (χ0) is 19.5. The van der Waals surface area contributed by atoms with Crippen molar-refractivity contribution in [2.75, 3.05) is 24.7 Å². The summed E-state index contributed by atoms with van der Waals surface area (Å²) in [6.07, 6.45) is 3.44. The van der Waals surface area contributed by atoms with Crippen molar-refractivity contribution in [1.82, 2.24) is 4.90 Å². The molecule has 0 bridgehead atoms. The summed E-state index contributed by atoms with van der Waals surface area (Å²) in [5, 5.41) is 10.1. The van der Waals surface area contributed by atoms with Crippen molar-refractivity contribution in [3.8, 4) is 5.75 Å². The second kappa shape index (κ2) is 8.26. The van der Waals surface area contributed by atoms with Gasteiger partial charge in [-0.1, -0.05) is 12.8 Å². The number of aliphatic hydroxyl groups excluding tert-OH is 1. The fourth-order valence-electron chi connectivity index (χ4n) is 3.17. The minimum Gasteiger partial charge on any atom is -0.481 e. The summed E-state index contributed by atoms with van der Waals surface area (Å²) < 4.78 is 30.0. The second-order valence-corrected chi connectivity index (χ2v) is 8.87. The first-order valence-electron chi connectivity index (χ1n) is 8.76. The molecule has 3 atom stereocenters. The first kappa shape index (κ1) is 20.5. The van der Waals surface area contributed by atoms with E-state index < -0.39 is 22.2 Å². The summed E-state index contributed by atoms with van der Waals surface area (Å²) in [5.74, 6) is 0.294. The first-order chi connectivity index (χ1) is 12.1. The highest BCUT2D eigenvalue weighted by Gasteiger charge is 2.32. The van der Waals surface area contributed by atoms with Gasteiger partial charge in [0.1, 0.15) is 5.75 Å². The molecule has 8 heteroatoms. The van der Waals surface area contributed by atoms with Crippen LogP contribution in [-0.2, 0) is 14.8 Å². The van der Waals surface area contributed by atoms with Gasteiger partial charge in [0.15, 0.2) is 6.10 Å². The molecule has 1 aliphatic rings. The molecule has 1 aliphatic carbocycles. The average Bonchev–Trinajstić information content (AvgIpc) is 2.60. The number of likely N-dealkylation sites (N-methyl/N-ethyl adjacent to an activating group) is 1. The third-order valence-electron chi connectivity index (χ3n) is 4.90. The van der Waals surface area contributed by atoms with Crippen molar-refractivity contribution in [1.29, 1.82) is 0 Å². The summed E-state index contributed by atoms with van der Waals surface area (Å²) in [6.45, 7) is 1.67. The molecule has 2 rings (SSSR count). The second-order valence-electron chi connectivity index (χ2n) is 6.85. The van der Waals surface area contributed by atoms with Crippen LogP contribution >= 0.6 is 0 Å². The number of ether oxygens (including phenoxy) is 1. The van der Waals surface area contributed by atoms with Gasteiger partial charge in [0.2, 0.25) is 10.0 Å². The first-order valence-corrected chi connectivity index (χ1v) is 10.6. The third kappa shape index (κ3) is 4.88. The maximum atomic E-state index is 12.6. The Morgan fingerprint density at radius 2 is 1.77 bits per heavy atom. The number of hydrogen-bond donors (Lipinski definition) is 1. The lowest BCUT2D eigenvalue weighted by Crippen LogP contribution is -2.50. The van der Waals surface area contributed by atoms with Gasteiger partial charge < -0.3 is 14.7 Å². The van der Waals surface area contributed by atoms with E-state index in [0.29, 0.717) is 17.9 Å². The van der Waals surface area contributed by atoms with Crippen molar-refractivity contribution in [2.24, 2.45) is 0 Å². The smallest absolute Gasteiger partial charge is 0.263 e. The van der Waals surface area contributed by atoms with E-state index in [1.807, 2.05) is 0 Å². The molecule has 0 spiro atoms. The number of benzene rings is 1. The number of aliphatic hydroxyl groups is 1. The molecule has 26 heavy (non-hydrogen) atoms. The predicted octanol–water partition coefficient (Wildman–Crippen LogP) is 1.61. The Kier molecular flexibility index (Phi) is 6.52. The van der Waals surface area contributed by atoms with Crippen LogP contribution in [0.3, 0.4) is 0 Å². The van der Waals surface area contributed by atoms with Crippen LogP contribution in [0, 0.1) is 0 Å². The van der Waals surface area contributed by atoms with Crippen LogP contribution in [0.25, 0.3) is 0 Å². The highest BCUT2D eigenvalue weighted by atomic mass is 32.2. The van der Waals surface area contributed by atoms with Crippen LogP contribution in [0.2, 0.25) is 0 Å². The van der Waals surface area contributed by atoms with Gasteiger partial charge in [0.25, 0.3) is 5.91 Å². The molecule has 1 N–H and O–H groups in total. The van der Waals surface area contributed by atoms with E-state index in [1.165, 1.54) is 11.4 Å². The molecular weight excluding hydrogens is 356 g/mol. The molecule has 1 fully saturated rings. The van der Waals surface area contributed by atoms with E-state index in [2.05, 4.69) is 0 Å². The molecule has 0 saturated heterocycles. The van der Waals surface area contributed by atoms with Crippen LogP contribution in [-0.4, -0.2) is 62.9 Å². The van der Waals surface area contributed by atoms with Crippen LogP contribution in [0.5, 0.6) is 5.75 Å². The standard InChI is InChI=1S/C18H28N2O5S/c1-13(18(22)19(2)16-7-5-6-8-17(16)21)25-15-11-9-14(10-12-15)20(3)26(4,23)24/h9-13,16-17,21H,5-8H2,1-4H3/t13-,16+,17+/m0/s1. The largest absolute Gasteiger partial charge is 0.481 e. The molecular formula is C18H28N2O5S. The highest BCUT2D eigenvalue weighted by molar-refractivity contribution is 7.92. The molecule has 1 amide bonds. The van der Waals surface area contributed by atoms with Gasteiger partial charge in [-0.25, -0.2) is 8.42 Å². The average molecular weight is 384 g/mol. The van der Waals surface area contributed by atoms with Crippen molar-refractivity contribution < 1.29 is 23.1 Å². The molecule has 0 aromatic heterocycles. The Bertz CT molecular complexity index is 720. The number of amides is 1. The molecule has 146 valence electrons. The SMILES string of the molecule is C[C@H](Oc1ccc(N(C)S(C)(=O)=O)cc1)C(=O)N(C)[C@@H]1CCCC[C@H]1O. The van der Waals surface area contributed by atoms with E-state index >= 15 is 0 Å². The van der Waals surface area contributed by atoms with E-state index in [-0.39, 0.29) is 11.9 Å². The number of nitrogens with zero attached hydrogens (tertiary/aromatic N) is 2. The van der Waals surface area contributed by atoms with Gasteiger partial charge in [-0.15, -0.1) is 0 Å². The van der Waals surface area contributed by atoms with E-state index in [4.69, 9.17) is 4.74 Å². The summed E-state index contributed by atoms with van der Waals surface area (Å²) in [4.78, 5) is 14.2. The van der Waals surface area contributed by atoms with E-state index in [1.54, 1.807) is 43.1 Å². The van der Waals surface area contributed by atoms with Crippen LogP contribution in [0.15, 0.2) is 24.3 Å². The predicted molar refractivity (Wildman–Crippen MR) is 101 cm³/mol. The quantitative estimate of drug-likeness (QED) is 0.805. The van der Waals surface area contributed by atoms with Crippen molar-refractivity contribution in [3.05, 3.63) is 24.3 Å². The number of anilines is 1. The third-order valence-corrected chi connectivity index (χ3v) is 6.10. The summed E-state index contributed by atoms with van der Waals surface area (Å²) >= 11 is 0. The number of rotatable bonds is 6. The zero-order valence-electron chi connectivity index (χ0n) is 15.8. The number of sulfonamides is 1. The Labute approximate surface area is 155 Å². The van der Waals surface area contributed by atoms with Crippen LogP contribution in [0.1, 0.15) is 32.6 Å². The molecule has 0 heterocycles. The molecule has 1 aromatic carbocycles. The molecule has 1 aromatic rings. The Morgan fingerprint density at radius 3 is 2.31 bits per heavy atom. The van der Waals surface area contributed by atoms with Crippen molar-refractivity contribution in [3.63, 3.8) is 0 Å². The van der Waals surface area contributed by atoms with Gasteiger partial charge >= 0.3 is 0 Å². The van der Waals surface area contributed by atoms with E-state index in [9.17, 15) is 18.3 Å². The summed E-state index contributed by atoms with van der Waals surface area (Å²) in [7, 11) is -0.152. The van der Waals surface area contributed by atoms with Crippen molar-refractivity contribution >= 4 is 21.6 Å². The minimum atomic E-state index is -3.33. The monoisotopic (exact) mass is 384 g/mol. The maximum Gasteiger partial charge on any atom is 0.263 e. The van der Waals surface area contributed by atoms with Gasteiger partial charge in [-0.05, 0) is 44.0 Å². The fourth-order valence-corrected chi connectivity index (χ4v) is 3.68. The topological polar surface area (TPSA) is 87.2 Å². The Hall–Kier alpha value is -1.80. The summed E-state index contributed by atoms with van der Waals surface area (Å²) in [6, 6.07) is 6.35. The minimum absolute atomic E-state index is 0.173. The van der Waals surface area contributed by atoms with Crippen molar-refractivity contribution in [2.45, 2.75) is 50.9 Å². The fraction of sp³-hybridized carbons (Fsp3) is 0.611. The highest BCUT2D eigenvalue weighted by Crippen LogP contribution is 2.24. The van der Waals surface area contributed by atoms with Crippen LogP contribution in [0.4, 0.5) is 5.69 Å². The molecule has 1 saturated carbocycles. The molecule has 0 aliphatic heterocycles. The molecule has 0 radical (unpaired) electrons. The van der Waals surface area contributed by atoms with Gasteiger partial charge in [-0.3, -0.25) is 9.10 Å². The van der Waals surface area contributed by atoms with Crippen LogP contribution < -0.4 is 9.04 Å². The van der Waals surface area contributed by atoms with E-state index in [0.717, 1.165) is 25.5 Å². The Morgan fingerprint density at radius 1 is 1.19 bits per heavy atom. The Balaban J connectivity index is 2.00. The normalized spacial score (nSPS) is 21.7. The molecule has 0 unspecified atom stereocenters. The number of carbonyl (C=O) groups is 1. The summed E-state index contributed by atoms with van der Waals surface area (Å²) in [5.41, 5.74) is 0.515. The van der Waals surface area contributed by atoms with Gasteiger partial charge in [0, 0.05) is 14.1 Å². The lowest BCUT2D eigenvalue weighted by atomic mass is 9.91. The lowest BCUT2D eigenvalue weighted by molar-refractivity contribution is -0.142. The number of carbonyl (C=O) groups excluding carboxylic acids is 1. The lowest BCUT2D eigenvalue weighted by Gasteiger charge is -2.36. The van der Waals surface area contributed by atoms with Gasteiger partial charge in [0.05, 0.1) is 24.1 Å². The maximum absolute atomic E-state index is 12.6. The van der Waals surface area contributed by atoms with Gasteiger partial charge in [-0.2, -0.15) is 0 Å². The molecule has 7 nitrogen and oxygen atoms in total. The zero-order valence-corrected chi connectivity index (χ0v) is 16.6.